The highest BCUT2D eigenvalue weighted by Crippen LogP contribution is 2.30. The number of carbonyl (C=O) groups excluding carboxylic acids is 1. The number of fused-ring (bicyclic) bond motifs is 1. The van der Waals surface area contributed by atoms with Gasteiger partial charge in [-0.25, -0.2) is 0 Å². The molecule has 1 N–H and O–H groups in total. The summed E-state index contributed by atoms with van der Waals surface area (Å²) in [6.07, 6.45) is 3.22. The Kier molecular flexibility index (Phi) is 4.83. The third kappa shape index (κ3) is 4.27. The molecule has 0 aromatic heterocycles. The minimum Gasteiger partial charge on any atom is -0.486 e. The van der Waals surface area contributed by atoms with Gasteiger partial charge < -0.3 is 14.8 Å². The predicted molar refractivity (Wildman–Crippen MR) is 89.8 cm³/mol. The summed E-state index contributed by atoms with van der Waals surface area (Å²) in [6, 6.07) is 13.0. The number of halogens is 1. The lowest BCUT2D eigenvalue weighted by Crippen LogP contribution is -2.20. The Hall–Kier alpha value is -2.46. The Morgan fingerprint density at radius 3 is 2.78 bits per heavy atom. The van der Waals surface area contributed by atoms with Crippen LogP contribution in [0.25, 0.3) is 6.08 Å². The average molecular weight is 330 g/mol. The predicted octanol–water partition coefficient (Wildman–Crippen LogP) is 3.44. The number of hydrogen-bond donors (Lipinski definition) is 1. The average Bonchev–Trinajstić information content (AvgIpc) is 2.58. The van der Waals surface area contributed by atoms with Gasteiger partial charge in [-0.1, -0.05) is 29.8 Å². The molecule has 4 nitrogen and oxygen atoms in total. The topological polar surface area (TPSA) is 47.6 Å². The molecule has 0 atom stereocenters. The monoisotopic (exact) mass is 329 g/mol. The van der Waals surface area contributed by atoms with Crippen LogP contribution in [0, 0.1) is 0 Å². The molecule has 0 bridgehead atoms. The highest BCUT2D eigenvalue weighted by Gasteiger charge is 2.11. The van der Waals surface area contributed by atoms with Crippen molar-refractivity contribution >= 4 is 23.6 Å². The Morgan fingerprint density at radius 1 is 1.13 bits per heavy atom. The van der Waals surface area contributed by atoms with Crippen LogP contribution in [0.4, 0.5) is 0 Å². The molecule has 1 amide bonds. The SMILES string of the molecule is O=C(C=Cc1cccc(Cl)c1)NCc1ccc2c(c1)OCCO2. The molecule has 0 aliphatic carbocycles. The Morgan fingerprint density at radius 2 is 1.96 bits per heavy atom. The van der Waals surface area contributed by atoms with Crippen LogP contribution in [-0.2, 0) is 11.3 Å². The van der Waals surface area contributed by atoms with Gasteiger partial charge in [0.25, 0.3) is 0 Å². The molecule has 2 aromatic rings. The van der Waals surface area contributed by atoms with Crippen molar-refractivity contribution in [3.8, 4) is 11.5 Å². The Balaban J connectivity index is 1.56. The van der Waals surface area contributed by atoms with E-state index in [2.05, 4.69) is 5.32 Å². The largest absolute Gasteiger partial charge is 0.486 e. The van der Waals surface area contributed by atoms with Crippen LogP contribution in [0.2, 0.25) is 5.02 Å². The number of hydrogen-bond acceptors (Lipinski definition) is 3. The molecule has 2 aromatic carbocycles. The second kappa shape index (κ2) is 7.20. The molecule has 1 aliphatic rings. The summed E-state index contributed by atoms with van der Waals surface area (Å²) in [5.41, 5.74) is 1.84. The molecular weight excluding hydrogens is 314 g/mol. The van der Waals surface area contributed by atoms with E-state index in [1.807, 2.05) is 30.3 Å². The second-order valence-electron chi connectivity index (χ2n) is 5.08. The first-order valence-electron chi connectivity index (χ1n) is 7.31. The molecule has 0 fully saturated rings. The third-order valence-electron chi connectivity index (χ3n) is 3.35. The fourth-order valence-electron chi connectivity index (χ4n) is 2.23. The van der Waals surface area contributed by atoms with E-state index in [-0.39, 0.29) is 5.91 Å². The molecule has 118 valence electrons. The van der Waals surface area contributed by atoms with Gasteiger partial charge in [0.2, 0.25) is 5.91 Å². The van der Waals surface area contributed by atoms with Gasteiger partial charge in [0.05, 0.1) is 0 Å². The fourth-order valence-corrected chi connectivity index (χ4v) is 2.43. The standard InChI is InChI=1S/C18H16ClNO3/c19-15-3-1-2-13(10-15)5-7-18(21)20-12-14-4-6-16-17(11-14)23-9-8-22-16/h1-7,10-11H,8-9,12H2,(H,20,21). The molecule has 0 radical (unpaired) electrons. The van der Waals surface area contributed by atoms with Gasteiger partial charge in [0.1, 0.15) is 13.2 Å². The van der Waals surface area contributed by atoms with Crippen LogP contribution in [0.15, 0.2) is 48.5 Å². The number of amides is 1. The first kappa shape index (κ1) is 15.4. The van der Waals surface area contributed by atoms with Crippen molar-refractivity contribution in [3.05, 3.63) is 64.7 Å². The van der Waals surface area contributed by atoms with Crippen molar-refractivity contribution in [2.75, 3.05) is 13.2 Å². The normalized spacial score (nSPS) is 13.1. The van der Waals surface area contributed by atoms with Crippen LogP contribution in [0.1, 0.15) is 11.1 Å². The number of nitrogens with one attached hydrogen (secondary N) is 1. The van der Waals surface area contributed by atoms with E-state index in [9.17, 15) is 4.79 Å². The van der Waals surface area contributed by atoms with Crippen LogP contribution >= 0.6 is 11.6 Å². The molecule has 3 rings (SSSR count). The van der Waals surface area contributed by atoms with Crippen molar-refractivity contribution in [3.63, 3.8) is 0 Å². The van der Waals surface area contributed by atoms with Crippen LogP contribution in [-0.4, -0.2) is 19.1 Å². The summed E-state index contributed by atoms with van der Waals surface area (Å²) in [7, 11) is 0. The van der Waals surface area contributed by atoms with Crippen LogP contribution < -0.4 is 14.8 Å². The summed E-state index contributed by atoms with van der Waals surface area (Å²) in [5, 5.41) is 3.48. The van der Waals surface area contributed by atoms with E-state index >= 15 is 0 Å². The summed E-state index contributed by atoms with van der Waals surface area (Å²) in [4.78, 5) is 11.9. The van der Waals surface area contributed by atoms with Gasteiger partial charge in [-0.15, -0.1) is 0 Å². The highest BCUT2D eigenvalue weighted by atomic mass is 35.5. The van der Waals surface area contributed by atoms with Crippen molar-refractivity contribution < 1.29 is 14.3 Å². The Labute approximate surface area is 139 Å². The smallest absolute Gasteiger partial charge is 0.244 e. The van der Waals surface area contributed by atoms with E-state index in [0.29, 0.717) is 24.8 Å². The van der Waals surface area contributed by atoms with E-state index in [4.69, 9.17) is 21.1 Å². The summed E-state index contributed by atoms with van der Waals surface area (Å²) in [6.45, 7) is 1.54. The number of benzene rings is 2. The quantitative estimate of drug-likeness (QED) is 0.874. The zero-order valence-corrected chi connectivity index (χ0v) is 13.2. The molecule has 1 aliphatic heterocycles. The summed E-state index contributed by atoms with van der Waals surface area (Å²) < 4.78 is 11.0. The minimum atomic E-state index is -0.167. The van der Waals surface area contributed by atoms with Gasteiger partial charge in [-0.2, -0.15) is 0 Å². The maximum Gasteiger partial charge on any atom is 0.244 e. The molecule has 23 heavy (non-hydrogen) atoms. The zero-order chi connectivity index (χ0) is 16.1. The van der Waals surface area contributed by atoms with Gasteiger partial charge in [0.15, 0.2) is 11.5 Å². The van der Waals surface area contributed by atoms with E-state index < -0.39 is 0 Å². The number of ether oxygens (including phenoxy) is 2. The van der Waals surface area contributed by atoms with Gasteiger partial charge in [-0.3, -0.25) is 4.79 Å². The minimum absolute atomic E-state index is 0.167. The third-order valence-corrected chi connectivity index (χ3v) is 3.58. The van der Waals surface area contributed by atoms with E-state index in [0.717, 1.165) is 22.6 Å². The van der Waals surface area contributed by atoms with Crippen molar-refractivity contribution in [2.24, 2.45) is 0 Å². The van der Waals surface area contributed by atoms with Crippen LogP contribution in [0.5, 0.6) is 11.5 Å². The Bertz CT molecular complexity index is 743. The highest BCUT2D eigenvalue weighted by molar-refractivity contribution is 6.30. The molecule has 1 heterocycles. The lowest BCUT2D eigenvalue weighted by atomic mass is 10.2. The number of rotatable bonds is 4. The van der Waals surface area contributed by atoms with Gasteiger partial charge in [0, 0.05) is 17.6 Å². The molecule has 0 spiro atoms. The maximum atomic E-state index is 11.9. The summed E-state index contributed by atoms with van der Waals surface area (Å²) in [5.74, 6) is 1.30. The van der Waals surface area contributed by atoms with Gasteiger partial charge in [-0.05, 0) is 41.5 Å². The summed E-state index contributed by atoms with van der Waals surface area (Å²) >= 11 is 5.90. The molecule has 5 heteroatoms. The van der Waals surface area contributed by atoms with E-state index in [1.54, 1.807) is 18.2 Å². The zero-order valence-electron chi connectivity index (χ0n) is 12.4. The van der Waals surface area contributed by atoms with E-state index in [1.165, 1.54) is 6.08 Å². The molecule has 0 saturated carbocycles. The van der Waals surface area contributed by atoms with Crippen molar-refractivity contribution in [2.45, 2.75) is 6.54 Å². The lowest BCUT2D eigenvalue weighted by molar-refractivity contribution is -0.116. The maximum absolute atomic E-state index is 11.9. The molecular formula is C18H16ClNO3. The second-order valence-corrected chi connectivity index (χ2v) is 5.52. The molecule has 0 unspecified atom stereocenters. The lowest BCUT2D eigenvalue weighted by Gasteiger charge is -2.18. The number of carbonyl (C=O) groups is 1. The van der Waals surface area contributed by atoms with Crippen molar-refractivity contribution in [1.82, 2.24) is 5.32 Å². The van der Waals surface area contributed by atoms with Gasteiger partial charge >= 0.3 is 0 Å². The fraction of sp³-hybridized carbons (Fsp3) is 0.167. The first-order chi connectivity index (χ1) is 11.2. The van der Waals surface area contributed by atoms with Crippen molar-refractivity contribution in [1.29, 1.82) is 0 Å². The van der Waals surface area contributed by atoms with Crippen LogP contribution in [0.3, 0.4) is 0 Å². The molecule has 0 saturated heterocycles. The first-order valence-corrected chi connectivity index (χ1v) is 7.68.